The normalized spacial score (nSPS) is 11.7. The first-order chi connectivity index (χ1) is 6.06. The number of nitrogens with zero attached hydrogens (tertiary/aromatic N) is 1. The highest BCUT2D eigenvalue weighted by molar-refractivity contribution is 14.2. The lowest BCUT2D eigenvalue weighted by Gasteiger charge is -2.21. The Balaban J connectivity index is 2.87. The standard InChI is InChI=1S/C8H9BrINOS/c1-8(2,12-13-10)7-4-3-6(9)5-11-7/h3-5H,1-2H3. The molecule has 0 aliphatic carbocycles. The van der Waals surface area contributed by atoms with Crippen LogP contribution in [-0.4, -0.2) is 4.98 Å². The molecular formula is C8H9BrINOS. The van der Waals surface area contributed by atoms with Crippen LogP contribution in [0.3, 0.4) is 0 Å². The molecule has 5 heteroatoms. The van der Waals surface area contributed by atoms with Crippen LogP contribution < -0.4 is 0 Å². The molecule has 0 atom stereocenters. The van der Waals surface area contributed by atoms with E-state index < -0.39 is 0 Å². The number of hydrogen-bond acceptors (Lipinski definition) is 3. The summed E-state index contributed by atoms with van der Waals surface area (Å²) in [6.07, 6.45) is 1.78. The number of pyridine rings is 1. The average molecular weight is 374 g/mol. The van der Waals surface area contributed by atoms with Gasteiger partial charge in [0.15, 0.2) is 0 Å². The Morgan fingerprint density at radius 1 is 1.54 bits per heavy atom. The molecule has 1 heterocycles. The van der Waals surface area contributed by atoms with Gasteiger partial charge in [-0.3, -0.25) is 9.17 Å². The second-order valence-corrected chi connectivity index (χ2v) is 5.31. The summed E-state index contributed by atoms with van der Waals surface area (Å²) in [5.41, 5.74) is 0.590. The van der Waals surface area contributed by atoms with Crippen LogP contribution in [0.25, 0.3) is 0 Å². The van der Waals surface area contributed by atoms with Gasteiger partial charge in [-0.1, -0.05) is 0 Å². The molecule has 0 radical (unpaired) electrons. The van der Waals surface area contributed by atoms with Crippen LogP contribution in [0, 0.1) is 0 Å². The van der Waals surface area contributed by atoms with Crippen molar-refractivity contribution in [3.05, 3.63) is 28.5 Å². The van der Waals surface area contributed by atoms with Crippen molar-refractivity contribution < 1.29 is 4.18 Å². The number of halogens is 2. The van der Waals surface area contributed by atoms with Crippen LogP contribution >= 0.6 is 46.3 Å². The van der Waals surface area contributed by atoms with Gasteiger partial charge in [-0.05, 0) is 41.9 Å². The van der Waals surface area contributed by atoms with Crippen LogP contribution in [0.2, 0.25) is 0 Å². The summed E-state index contributed by atoms with van der Waals surface area (Å²) >= 11 is 5.44. The number of aromatic nitrogens is 1. The van der Waals surface area contributed by atoms with E-state index in [4.69, 9.17) is 4.18 Å². The Kier molecular flexibility index (Phi) is 4.47. The smallest absolute Gasteiger partial charge is 0.120 e. The topological polar surface area (TPSA) is 22.1 Å². The van der Waals surface area contributed by atoms with Crippen molar-refractivity contribution in [1.82, 2.24) is 4.98 Å². The van der Waals surface area contributed by atoms with E-state index in [1.165, 1.54) is 9.21 Å². The molecule has 13 heavy (non-hydrogen) atoms. The second kappa shape index (κ2) is 4.95. The third-order valence-electron chi connectivity index (χ3n) is 1.58. The van der Waals surface area contributed by atoms with Crippen molar-refractivity contribution in [2.75, 3.05) is 0 Å². The second-order valence-electron chi connectivity index (χ2n) is 3.02. The summed E-state index contributed by atoms with van der Waals surface area (Å²) < 4.78 is 6.46. The molecule has 0 aliphatic heterocycles. The lowest BCUT2D eigenvalue weighted by molar-refractivity contribution is 0.139. The van der Waals surface area contributed by atoms with Crippen molar-refractivity contribution in [2.45, 2.75) is 19.4 Å². The molecule has 0 saturated carbocycles. The van der Waals surface area contributed by atoms with Crippen molar-refractivity contribution in [1.29, 1.82) is 0 Å². The van der Waals surface area contributed by atoms with Gasteiger partial charge >= 0.3 is 0 Å². The van der Waals surface area contributed by atoms with Crippen LogP contribution in [0.1, 0.15) is 19.5 Å². The molecule has 0 bridgehead atoms. The zero-order valence-corrected chi connectivity index (χ0v) is 11.8. The Bertz CT molecular complexity index is 278. The maximum atomic E-state index is 5.48. The van der Waals surface area contributed by atoms with Crippen LogP contribution in [-0.2, 0) is 9.78 Å². The summed E-state index contributed by atoms with van der Waals surface area (Å²) in [4.78, 5) is 4.28. The maximum Gasteiger partial charge on any atom is 0.120 e. The first-order valence-electron chi connectivity index (χ1n) is 3.65. The largest absolute Gasteiger partial charge is 0.293 e. The minimum atomic E-state index is -0.341. The molecule has 1 aromatic rings. The van der Waals surface area contributed by atoms with E-state index >= 15 is 0 Å². The van der Waals surface area contributed by atoms with E-state index in [2.05, 4.69) is 42.1 Å². The quantitative estimate of drug-likeness (QED) is 0.588. The minimum Gasteiger partial charge on any atom is -0.293 e. The average Bonchev–Trinajstić information content (AvgIpc) is 2.05. The van der Waals surface area contributed by atoms with Crippen LogP contribution in [0.4, 0.5) is 0 Å². The molecule has 72 valence electrons. The van der Waals surface area contributed by atoms with E-state index in [1.54, 1.807) is 6.20 Å². The SMILES string of the molecule is CC(C)(OSI)c1ccc(Br)cn1. The molecule has 0 fully saturated rings. The molecule has 0 aromatic carbocycles. The molecule has 2 nitrogen and oxygen atoms in total. The van der Waals surface area contributed by atoms with Gasteiger partial charge in [0.2, 0.25) is 0 Å². The fraction of sp³-hybridized carbons (Fsp3) is 0.375. The highest BCUT2D eigenvalue weighted by Crippen LogP contribution is 2.31. The Morgan fingerprint density at radius 2 is 2.23 bits per heavy atom. The van der Waals surface area contributed by atoms with E-state index in [1.807, 2.05) is 26.0 Å². The van der Waals surface area contributed by atoms with Gasteiger partial charge in [-0.2, -0.15) is 0 Å². The van der Waals surface area contributed by atoms with Crippen LogP contribution in [0.5, 0.6) is 0 Å². The van der Waals surface area contributed by atoms with Gasteiger partial charge in [0.25, 0.3) is 0 Å². The summed E-state index contributed by atoms with van der Waals surface area (Å²) in [5, 5.41) is 0. The van der Waals surface area contributed by atoms with Crippen molar-refractivity contribution in [2.24, 2.45) is 0 Å². The minimum absolute atomic E-state index is 0.341. The molecule has 1 rings (SSSR count). The summed E-state index contributed by atoms with van der Waals surface area (Å²) in [6.45, 7) is 3.99. The first kappa shape index (κ1) is 11.7. The lowest BCUT2D eigenvalue weighted by atomic mass is 10.1. The van der Waals surface area contributed by atoms with Crippen molar-refractivity contribution >= 4 is 46.3 Å². The third-order valence-corrected chi connectivity index (χ3v) is 3.07. The fourth-order valence-corrected chi connectivity index (χ4v) is 2.68. The predicted octanol–water partition coefficient (Wildman–Crippen LogP) is 4.09. The molecule has 0 N–H and O–H groups in total. The zero-order valence-electron chi connectivity index (χ0n) is 7.25. The van der Waals surface area contributed by atoms with Gasteiger partial charge in [0.05, 0.1) is 14.9 Å². The summed E-state index contributed by atoms with van der Waals surface area (Å²) in [5.74, 6) is 0. The van der Waals surface area contributed by atoms with E-state index in [-0.39, 0.29) is 5.60 Å². The van der Waals surface area contributed by atoms with Crippen LogP contribution in [0.15, 0.2) is 22.8 Å². The predicted molar refractivity (Wildman–Crippen MR) is 67.7 cm³/mol. The van der Waals surface area contributed by atoms with Crippen molar-refractivity contribution in [3.63, 3.8) is 0 Å². The summed E-state index contributed by atoms with van der Waals surface area (Å²) in [6, 6.07) is 3.92. The fourth-order valence-electron chi connectivity index (χ4n) is 0.853. The molecule has 0 spiro atoms. The lowest BCUT2D eigenvalue weighted by Crippen LogP contribution is -2.19. The van der Waals surface area contributed by atoms with Gasteiger partial charge in [0, 0.05) is 31.9 Å². The molecule has 0 aliphatic rings. The highest BCUT2D eigenvalue weighted by Gasteiger charge is 2.23. The van der Waals surface area contributed by atoms with E-state index in [9.17, 15) is 0 Å². The molecule has 0 saturated heterocycles. The number of rotatable bonds is 3. The van der Waals surface area contributed by atoms with Gasteiger partial charge in [-0.15, -0.1) is 0 Å². The number of hydrogen-bond donors (Lipinski definition) is 0. The zero-order chi connectivity index (χ0) is 9.90. The molecular weight excluding hydrogens is 365 g/mol. The maximum absolute atomic E-state index is 5.48. The highest BCUT2D eigenvalue weighted by atomic mass is 127. The Morgan fingerprint density at radius 3 is 2.69 bits per heavy atom. The molecule has 0 amide bonds. The molecule has 0 unspecified atom stereocenters. The first-order valence-corrected chi connectivity index (χ1v) is 7.72. The van der Waals surface area contributed by atoms with Crippen molar-refractivity contribution in [3.8, 4) is 0 Å². The molecule has 1 aromatic heterocycles. The van der Waals surface area contributed by atoms with Gasteiger partial charge < -0.3 is 0 Å². The third kappa shape index (κ3) is 3.38. The summed E-state index contributed by atoms with van der Waals surface area (Å²) in [7, 11) is 1.33. The van der Waals surface area contributed by atoms with Gasteiger partial charge in [0.1, 0.15) is 5.60 Å². The monoisotopic (exact) mass is 373 g/mol. The van der Waals surface area contributed by atoms with E-state index in [0.29, 0.717) is 0 Å². The Hall–Kier alpha value is 0.670. The Labute approximate surface area is 103 Å². The van der Waals surface area contributed by atoms with E-state index in [0.717, 1.165) is 10.2 Å². The van der Waals surface area contributed by atoms with Gasteiger partial charge in [-0.25, -0.2) is 0 Å².